The molecular formula is C17H21N5O3S2. The quantitative estimate of drug-likeness (QED) is 0.525. The molecule has 0 bridgehead atoms. The van der Waals surface area contributed by atoms with Crippen LogP contribution < -0.4 is 21.7 Å². The lowest BCUT2D eigenvalue weighted by atomic mass is 10.2. The van der Waals surface area contributed by atoms with Crippen LogP contribution in [-0.4, -0.2) is 34.6 Å². The van der Waals surface area contributed by atoms with Crippen molar-refractivity contribution >= 4 is 51.8 Å². The third-order valence-electron chi connectivity index (χ3n) is 3.12. The molecular weight excluding hydrogens is 386 g/mol. The lowest BCUT2D eigenvalue weighted by Gasteiger charge is -2.10. The van der Waals surface area contributed by atoms with Crippen LogP contribution in [0.3, 0.4) is 0 Å². The number of hydrogen-bond donors (Lipinski definition) is 4. The van der Waals surface area contributed by atoms with Crippen molar-refractivity contribution in [2.24, 2.45) is 5.73 Å². The fraction of sp³-hybridized carbons (Fsp3) is 0.294. The zero-order valence-corrected chi connectivity index (χ0v) is 16.8. The van der Waals surface area contributed by atoms with Crippen molar-refractivity contribution < 1.29 is 14.4 Å². The van der Waals surface area contributed by atoms with Crippen LogP contribution in [0.1, 0.15) is 29.9 Å². The number of thiazole rings is 1. The van der Waals surface area contributed by atoms with Crippen LogP contribution in [0.4, 0.5) is 15.6 Å². The number of nitrogens with two attached hydrogens (primary N) is 1. The highest BCUT2D eigenvalue weighted by Gasteiger charge is 2.14. The number of thioether (sulfide) groups is 1. The van der Waals surface area contributed by atoms with Gasteiger partial charge in [0.1, 0.15) is 0 Å². The largest absolute Gasteiger partial charge is 0.369 e. The van der Waals surface area contributed by atoms with Gasteiger partial charge >= 0.3 is 6.03 Å². The van der Waals surface area contributed by atoms with E-state index < -0.39 is 5.91 Å². The number of primary amides is 1. The molecule has 0 saturated heterocycles. The first kappa shape index (κ1) is 20.7. The van der Waals surface area contributed by atoms with Crippen molar-refractivity contribution in [1.29, 1.82) is 0 Å². The normalized spacial score (nSPS) is 10.5. The van der Waals surface area contributed by atoms with Gasteiger partial charge in [-0.15, -0.1) is 11.8 Å². The Bertz CT molecular complexity index is 851. The Morgan fingerprint density at radius 1 is 1.26 bits per heavy atom. The number of nitrogens with one attached hydrogen (secondary N) is 3. The molecule has 2 rings (SSSR count). The van der Waals surface area contributed by atoms with Gasteiger partial charge in [0, 0.05) is 17.3 Å². The van der Waals surface area contributed by atoms with E-state index in [2.05, 4.69) is 20.9 Å². The molecule has 4 amide bonds. The van der Waals surface area contributed by atoms with Crippen LogP contribution in [0.5, 0.6) is 0 Å². The molecule has 10 heteroatoms. The van der Waals surface area contributed by atoms with E-state index in [1.165, 1.54) is 23.1 Å². The fourth-order valence-corrected chi connectivity index (χ4v) is 3.92. The predicted molar refractivity (Wildman–Crippen MR) is 108 cm³/mol. The van der Waals surface area contributed by atoms with Gasteiger partial charge < -0.3 is 16.4 Å². The van der Waals surface area contributed by atoms with Gasteiger partial charge in [-0.2, -0.15) is 0 Å². The third kappa shape index (κ3) is 6.57. The van der Waals surface area contributed by atoms with Gasteiger partial charge in [-0.1, -0.05) is 17.4 Å². The SMILES string of the molecule is Cc1nc(NC(=O)c2cccc(NC(=O)NC(C)C)c2)sc1SCC(N)=O. The topological polar surface area (TPSA) is 126 Å². The number of anilines is 2. The molecule has 0 saturated carbocycles. The van der Waals surface area contributed by atoms with E-state index in [1.54, 1.807) is 31.2 Å². The monoisotopic (exact) mass is 407 g/mol. The number of hydrogen-bond acceptors (Lipinski definition) is 6. The summed E-state index contributed by atoms with van der Waals surface area (Å²) >= 11 is 2.57. The second kappa shape index (κ2) is 9.38. The summed E-state index contributed by atoms with van der Waals surface area (Å²) in [4.78, 5) is 39.4. The highest BCUT2D eigenvalue weighted by Crippen LogP contribution is 2.32. The number of rotatable bonds is 7. The highest BCUT2D eigenvalue weighted by molar-refractivity contribution is 8.01. The molecule has 1 aromatic carbocycles. The summed E-state index contributed by atoms with van der Waals surface area (Å²) in [6.07, 6.45) is 0. The molecule has 0 aliphatic rings. The van der Waals surface area contributed by atoms with Crippen LogP contribution in [0.2, 0.25) is 0 Å². The summed E-state index contributed by atoms with van der Waals surface area (Å²) in [6.45, 7) is 5.51. The lowest BCUT2D eigenvalue weighted by Crippen LogP contribution is -2.34. The number of carbonyl (C=O) groups excluding carboxylic acids is 3. The van der Waals surface area contributed by atoms with Gasteiger partial charge in [-0.25, -0.2) is 9.78 Å². The Morgan fingerprint density at radius 3 is 2.67 bits per heavy atom. The molecule has 1 aromatic heterocycles. The Balaban J connectivity index is 2.04. The van der Waals surface area contributed by atoms with Crippen LogP contribution in [0.15, 0.2) is 28.5 Å². The minimum absolute atomic E-state index is 0.00579. The van der Waals surface area contributed by atoms with Gasteiger partial charge in [0.25, 0.3) is 5.91 Å². The van der Waals surface area contributed by atoms with E-state index >= 15 is 0 Å². The fourth-order valence-electron chi connectivity index (χ4n) is 2.04. The molecule has 0 radical (unpaired) electrons. The smallest absolute Gasteiger partial charge is 0.319 e. The van der Waals surface area contributed by atoms with Gasteiger partial charge in [-0.3, -0.25) is 14.9 Å². The molecule has 0 unspecified atom stereocenters. The number of benzene rings is 1. The zero-order chi connectivity index (χ0) is 20.0. The number of urea groups is 1. The van der Waals surface area contributed by atoms with Crippen molar-refractivity contribution in [1.82, 2.24) is 10.3 Å². The van der Waals surface area contributed by atoms with Crippen LogP contribution in [0, 0.1) is 6.92 Å². The van der Waals surface area contributed by atoms with Crippen molar-refractivity contribution in [3.05, 3.63) is 35.5 Å². The number of aromatic nitrogens is 1. The molecule has 0 aliphatic heterocycles. The first-order valence-electron chi connectivity index (χ1n) is 8.12. The first-order chi connectivity index (χ1) is 12.7. The Labute approximate surface area is 165 Å². The molecule has 144 valence electrons. The second-order valence-electron chi connectivity index (χ2n) is 5.93. The summed E-state index contributed by atoms with van der Waals surface area (Å²) in [5.41, 5.74) is 6.77. The van der Waals surface area contributed by atoms with E-state index in [1.807, 2.05) is 13.8 Å². The maximum absolute atomic E-state index is 12.5. The minimum Gasteiger partial charge on any atom is -0.369 e. The number of carbonyl (C=O) groups is 3. The summed E-state index contributed by atoms with van der Waals surface area (Å²) in [5.74, 6) is -0.602. The van der Waals surface area contributed by atoms with E-state index in [4.69, 9.17) is 5.73 Å². The van der Waals surface area contributed by atoms with Gasteiger partial charge in [0.05, 0.1) is 15.7 Å². The average Bonchev–Trinajstić information content (AvgIpc) is 2.91. The average molecular weight is 408 g/mol. The molecule has 0 spiro atoms. The third-order valence-corrected chi connectivity index (χ3v) is 5.58. The summed E-state index contributed by atoms with van der Waals surface area (Å²) < 4.78 is 0.824. The second-order valence-corrected chi connectivity index (χ2v) is 8.18. The highest BCUT2D eigenvalue weighted by atomic mass is 32.2. The molecule has 0 fully saturated rings. The Morgan fingerprint density at radius 2 is 2.00 bits per heavy atom. The molecule has 5 N–H and O–H groups in total. The van der Waals surface area contributed by atoms with E-state index in [9.17, 15) is 14.4 Å². The van der Waals surface area contributed by atoms with Crippen molar-refractivity contribution in [3.8, 4) is 0 Å². The molecule has 0 atom stereocenters. The minimum atomic E-state index is -0.413. The van der Waals surface area contributed by atoms with E-state index in [0.717, 1.165) is 9.90 Å². The number of aryl methyl sites for hydroxylation is 1. The zero-order valence-electron chi connectivity index (χ0n) is 15.2. The molecule has 1 heterocycles. The van der Waals surface area contributed by atoms with Gasteiger partial charge in [-0.05, 0) is 39.0 Å². The maximum Gasteiger partial charge on any atom is 0.319 e. The van der Waals surface area contributed by atoms with Crippen molar-refractivity contribution in [2.45, 2.75) is 31.0 Å². The Hall–Kier alpha value is -2.59. The number of nitrogens with zero attached hydrogens (tertiary/aromatic N) is 1. The standard InChI is InChI=1S/C17H21N5O3S2/c1-9(2)19-16(25)21-12-6-4-5-11(7-12)14(24)22-17-20-10(3)15(27-17)26-8-13(18)23/h4-7,9H,8H2,1-3H3,(H2,18,23)(H2,19,21,25)(H,20,22,24). The predicted octanol–water partition coefficient (Wildman–Crippen LogP) is 2.81. The van der Waals surface area contributed by atoms with E-state index in [-0.39, 0.29) is 23.7 Å². The molecule has 8 nitrogen and oxygen atoms in total. The van der Waals surface area contributed by atoms with Crippen LogP contribution in [0.25, 0.3) is 0 Å². The van der Waals surface area contributed by atoms with Crippen molar-refractivity contribution in [3.63, 3.8) is 0 Å². The van der Waals surface area contributed by atoms with Gasteiger partial charge in [0.2, 0.25) is 5.91 Å². The summed E-state index contributed by atoms with van der Waals surface area (Å²) in [7, 11) is 0. The van der Waals surface area contributed by atoms with E-state index in [0.29, 0.717) is 16.4 Å². The molecule has 2 aromatic rings. The van der Waals surface area contributed by atoms with Crippen molar-refractivity contribution in [2.75, 3.05) is 16.4 Å². The summed E-state index contributed by atoms with van der Waals surface area (Å²) in [5, 5.41) is 8.56. The molecule has 27 heavy (non-hydrogen) atoms. The van der Waals surface area contributed by atoms with Gasteiger partial charge in [0.15, 0.2) is 5.13 Å². The lowest BCUT2D eigenvalue weighted by molar-refractivity contribution is -0.115. The number of amides is 4. The Kier molecular flexibility index (Phi) is 7.19. The first-order valence-corrected chi connectivity index (χ1v) is 9.92. The van der Waals surface area contributed by atoms with Crippen LogP contribution >= 0.6 is 23.1 Å². The molecule has 0 aliphatic carbocycles. The maximum atomic E-state index is 12.5. The summed E-state index contributed by atoms with van der Waals surface area (Å²) in [6, 6.07) is 6.27. The van der Waals surface area contributed by atoms with Crippen LogP contribution in [-0.2, 0) is 4.79 Å².